The van der Waals surface area contributed by atoms with Gasteiger partial charge in [0.25, 0.3) is 0 Å². The minimum atomic E-state index is -0.645. The summed E-state index contributed by atoms with van der Waals surface area (Å²) >= 11 is 0. The molecule has 3 aromatic heterocycles. The standard InChI is InChI=1S/C18H21N5O3/c1-11-12-5-8-23(16(12)20-10-19-11)17-15-14(25-18(2,3)26-15)13(24-17)9-22-7-4-6-21-22/h4-8,10,13-15,17H,9H2,1-3H3/t13-,14-,15-,17-/m1/s1. The Hall–Kier alpha value is -2.29. The number of rotatable bonds is 3. The molecule has 0 N–H and O–H groups in total. The minimum absolute atomic E-state index is 0.160. The zero-order valence-electron chi connectivity index (χ0n) is 14.9. The van der Waals surface area contributed by atoms with Gasteiger partial charge in [-0.2, -0.15) is 5.10 Å². The lowest BCUT2D eigenvalue weighted by molar-refractivity contribution is -0.197. The van der Waals surface area contributed by atoms with Crippen LogP contribution in [0.2, 0.25) is 0 Å². The van der Waals surface area contributed by atoms with E-state index in [2.05, 4.69) is 15.1 Å². The summed E-state index contributed by atoms with van der Waals surface area (Å²) in [4.78, 5) is 8.72. The molecule has 0 radical (unpaired) electrons. The van der Waals surface area contributed by atoms with Crippen molar-refractivity contribution in [2.24, 2.45) is 0 Å². The van der Waals surface area contributed by atoms with Gasteiger partial charge < -0.3 is 18.8 Å². The fourth-order valence-corrected chi connectivity index (χ4v) is 3.93. The molecule has 0 saturated carbocycles. The SMILES string of the molecule is Cc1ncnc2c1ccn2[C@@H]1O[C@H](Cn2cccn2)[C@H]2OC(C)(C)O[C@H]21. The van der Waals surface area contributed by atoms with Crippen LogP contribution in [0.4, 0.5) is 0 Å². The first-order chi connectivity index (χ1) is 12.5. The van der Waals surface area contributed by atoms with Gasteiger partial charge in [-0.05, 0) is 32.9 Å². The molecule has 4 atom stereocenters. The number of ether oxygens (including phenoxy) is 3. The Balaban J connectivity index is 1.52. The Morgan fingerprint density at radius 1 is 1.15 bits per heavy atom. The molecule has 8 heteroatoms. The summed E-state index contributed by atoms with van der Waals surface area (Å²) in [5, 5.41) is 5.31. The van der Waals surface area contributed by atoms with Gasteiger partial charge in [0.1, 0.15) is 30.3 Å². The molecule has 2 aliphatic rings. The van der Waals surface area contributed by atoms with Crippen LogP contribution in [0, 0.1) is 6.92 Å². The van der Waals surface area contributed by atoms with Gasteiger partial charge in [0, 0.05) is 24.0 Å². The van der Waals surface area contributed by atoms with Crippen LogP contribution >= 0.6 is 0 Å². The summed E-state index contributed by atoms with van der Waals surface area (Å²) in [6.45, 7) is 6.46. The molecule has 0 spiro atoms. The highest BCUT2D eigenvalue weighted by molar-refractivity contribution is 5.78. The van der Waals surface area contributed by atoms with Crippen LogP contribution in [0.25, 0.3) is 11.0 Å². The van der Waals surface area contributed by atoms with Crippen molar-refractivity contribution in [3.8, 4) is 0 Å². The predicted molar refractivity (Wildman–Crippen MR) is 92.2 cm³/mol. The highest BCUT2D eigenvalue weighted by atomic mass is 16.8. The highest BCUT2D eigenvalue weighted by Gasteiger charge is 2.56. The topological polar surface area (TPSA) is 76.2 Å². The lowest BCUT2D eigenvalue weighted by atomic mass is 10.1. The summed E-state index contributed by atoms with van der Waals surface area (Å²) in [5.74, 6) is -0.645. The predicted octanol–water partition coefficient (Wildman–Crippen LogP) is 2.05. The van der Waals surface area contributed by atoms with Crippen molar-refractivity contribution in [3.05, 3.63) is 42.7 Å². The van der Waals surface area contributed by atoms with E-state index in [0.717, 1.165) is 16.7 Å². The Kier molecular flexibility index (Phi) is 3.43. The molecule has 2 fully saturated rings. The molecule has 136 valence electrons. The highest BCUT2D eigenvalue weighted by Crippen LogP contribution is 2.44. The quantitative estimate of drug-likeness (QED) is 0.716. The van der Waals surface area contributed by atoms with E-state index >= 15 is 0 Å². The normalized spacial score (nSPS) is 30.1. The van der Waals surface area contributed by atoms with Gasteiger partial charge in [-0.25, -0.2) is 9.97 Å². The molecule has 5 rings (SSSR count). The number of aryl methyl sites for hydroxylation is 1. The van der Waals surface area contributed by atoms with E-state index in [1.807, 2.05) is 54.5 Å². The van der Waals surface area contributed by atoms with Crippen molar-refractivity contribution < 1.29 is 14.2 Å². The van der Waals surface area contributed by atoms with Gasteiger partial charge >= 0.3 is 0 Å². The monoisotopic (exact) mass is 355 g/mol. The van der Waals surface area contributed by atoms with Crippen molar-refractivity contribution in [2.45, 2.75) is 57.6 Å². The van der Waals surface area contributed by atoms with E-state index in [0.29, 0.717) is 6.54 Å². The molecule has 2 saturated heterocycles. The Labute approximate surface area is 150 Å². The lowest BCUT2D eigenvalue weighted by Crippen LogP contribution is -2.32. The van der Waals surface area contributed by atoms with Crippen molar-refractivity contribution in [3.63, 3.8) is 0 Å². The summed E-state index contributed by atoms with van der Waals surface area (Å²) in [7, 11) is 0. The average molecular weight is 355 g/mol. The Morgan fingerprint density at radius 3 is 2.81 bits per heavy atom. The van der Waals surface area contributed by atoms with E-state index in [9.17, 15) is 0 Å². The number of nitrogens with zero attached hydrogens (tertiary/aromatic N) is 5. The lowest BCUT2D eigenvalue weighted by Gasteiger charge is -2.25. The van der Waals surface area contributed by atoms with Gasteiger partial charge in [0.2, 0.25) is 0 Å². The van der Waals surface area contributed by atoms with Crippen LogP contribution in [-0.2, 0) is 20.8 Å². The first-order valence-electron chi connectivity index (χ1n) is 8.78. The second kappa shape index (κ2) is 5.60. The van der Waals surface area contributed by atoms with Gasteiger partial charge in [-0.15, -0.1) is 0 Å². The maximum absolute atomic E-state index is 6.38. The third kappa shape index (κ3) is 2.45. The van der Waals surface area contributed by atoms with Crippen LogP contribution in [0.1, 0.15) is 25.8 Å². The third-order valence-electron chi connectivity index (χ3n) is 5.03. The van der Waals surface area contributed by atoms with E-state index in [1.165, 1.54) is 0 Å². The summed E-state index contributed by atoms with van der Waals surface area (Å²) in [6, 6.07) is 3.92. The molecule has 2 aliphatic heterocycles. The van der Waals surface area contributed by atoms with Crippen molar-refractivity contribution >= 4 is 11.0 Å². The molecule has 0 aromatic carbocycles. The maximum atomic E-state index is 6.38. The second-order valence-corrected chi connectivity index (χ2v) is 7.28. The Morgan fingerprint density at radius 2 is 2.00 bits per heavy atom. The van der Waals surface area contributed by atoms with Gasteiger partial charge in [0.15, 0.2) is 12.0 Å². The van der Waals surface area contributed by atoms with Gasteiger partial charge in [-0.1, -0.05) is 0 Å². The van der Waals surface area contributed by atoms with Crippen molar-refractivity contribution in [2.75, 3.05) is 0 Å². The third-order valence-corrected chi connectivity index (χ3v) is 5.03. The van der Waals surface area contributed by atoms with E-state index in [1.54, 1.807) is 12.5 Å². The smallest absolute Gasteiger partial charge is 0.164 e. The zero-order valence-corrected chi connectivity index (χ0v) is 14.9. The number of hydrogen-bond acceptors (Lipinski definition) is 6. The van der Waals surface area contributed by atoms with Crippen LogP contribution in [0.15, 0.2) is 37.1 Å². The Bertz CT molecular complexity index is 936. The van der Waals surface area contributed by atoms with E-state index in [4.69, 9.17) is 14.2 Å². The summed E-state index contributed by atoms with van der Waals surface area (Å²) in [5.41, 5.74) is 1.79. The van der Waals surface area contributed by atoms with E-state index < -0.39 is 5.79 Å². The first-order valence-corrected chi connectivity index (χ1v) is 8.78. The molecule has 0 aliphatic carbocycles. The molecule has 0 bridgehead atoms. The molecule has 0 amide bonds. The summed E-state index contributed by atoms with van der Waals surface area (Å²) in [6.07, 6.45) is 6.40. The number of aromatic nitrogens is 5. The molecular formula is C18H21N5O3. The van der Waals surface area contributed by atoms with E-state index in [-0.39, 0.29) is 24.5 Å². The maximum Gasteiger partial charge on any atom is 0.164 e. The number of fused-ring (bicyclic) bond motifs is 2. The van der Waals surface area contributed by atoms with Crippen LogP contribution in [-0.4, -0.2) is 48.4 Å². The molecular weight excluding hydrogens is 334 g/mol. The van der Waals surface area contributed by atoms with Crippen molar-refractivity contribution in [1.29, 1.82) is 0 Å². The average Bonchev–Trinajstić information content (AvgIpc) is 3.33. The minimum Gasteiger partial charge on any atom is -0.347 e. The molecule has 8 nitrogen and oxygen atoms in total. The fourth-order valence-electron chi connectivity index (χ4n) is 3.93. The first kappa shape index (κ1) is 15.9. The molecule has 3 aromatic rings. The molecule has 26 heavy (non-hydrogen) atoms. The van der Waals surface area contributed by atoms with Gasteiger partial charge in [0.05, 0.1) is 12.2 Å². The van der Waals surface area contributed by atoms with Crippen LogP contribution in [0.5, 0.6) is 0 Å². The zero-order chi connectivity index (χ0) is 17.9. The van der Waals surface area contributed by atoms with Gasteiger partial charge in [-0.3, -0.25) is 4.68 Å². The van der Waals surface area contributed by atoms with Crippen LogP contribution in [0.3, 0.4) is 0 Å². The summed E-state index contributed by atoms with van der Waals surface area (Å²) < 4.78 is 22.6. The largest absolute Gasteiger partial charge is 0.347 e. The van der Waals surface area contributed by atoms with Crippen LogP contribution < -0.4 is 0 Å². The number of hydrogen-bond donors (Lipinski definition) is 0. The fraction of sp³-hybridized carbons (Fsp3) is 0.500. The molecule has 5 heterocycles. The second-order valence-electron chi connectivity index (χ2n) is 7.28. The molecule has 0 unspecified atom stereocenters. The van der Waals surface area contributed by atoms with Crippen molar-refractivity contribution in [1.82, 2.24) is 24.3 Å².